The third-order valence-corrected chi connectivity index (χ3v) is 5.75. The number of carboxylic acid groups (broad SMARTS) is 1. The van der Waals surface area contributed by atoms with Gasteiger partial charge in [-0.25, -0.2) is 4.79 Å². The van der Waals surface area contributed by atoms with Crippen molar-refractivity contribution in [2.45, 2.75) is 77.4 Å². The van der Waals surface area contributed by atoms with E-state index in [-0.39, 0.29) is 30.7 Å². The van der Waals surface area contributed by atoms with Gasteiger partial charge >= 0.3 is 12.0 Å². The molecule has 2 unspecified atom stereocenters. The van der Waals surface area contributed by atoms with E-state index in [4.69, 9.17) is 5.11 Å². The topological polar surface area (TPSA) is 81.7 Å². The van der Waals surface area contributed by atoms with E-state index in [1.54, 1.807) is 0 Å². The number of rotatable bonds is 7. The number of carbonyl (C=O) groups excluding carboxylic acids is 1. The maximum absolute atomic E-state index is 12.2. The second kappa shape index (κ2) is 8.70. The van der Waals surface area contributed by atoms with E-state index in [1.807, 2.05) is 11.8 Å². The van der Waals surface area contributed by atoms with Crippen LogP contribution in [0.5, 0.6) is 0 Å². The third-order valence-electron chi connectivity index (χ3n) is 5.75. The molecule has 0 aromatic rings. The van der Waals surface area contributed by atoms with Crippen LogP contribution in [-0.4, -0.2) is 53.2 Å². The van der Waals surface area contributed by atoms with Crippen molar-refractivity contribution in [1.29, 1.82) is 0 Å². The first-order valence-electron chi connectivity index (χ1n) is 9.41. The lowest BCUT2D eigenvalue weighted by atomic mass is 9.79. The van der Waals surface area contributed by atoms with Gasteiger partial charge in [0.1, 0.15) is 0 Å². The maximum atomic E-state index is 12.2. The lowest BCUT2D eigenvalue weighted by Gasteiger charge is -2.42. The molecule has 0 saturated heterocycles. The lowest BCUT2D eigenvalue weighted by Crippen LogP contribution is -2.57. The molecule has 3 atom stereocenters. The quantitative estimate of drug-likeness (QED) is 0.665. The van der Waals surface area contributed by atoms with Crippen molar-refractivity contribution in [3.8, 4) is 0 Å². The summed E-state index contributed by atoms with van der Waals surface area (Å²) < 4.78 is 0. The monoisotopic (exact) mass is 339 g/mol. The number of aliphatic carboxylic acids is 1. The van der Waals surface area contributed by atoms with Gasteiger partial charge in [0.15, 0.2) is 0 Å². The average Bonchev–Trinajstić information content (AvgIpc) is 2.48. The van der Waals surface area contributed by atoms with Gasteiger partial charge in [0, 0.05) is 18.1 Å². The first-order chi connectivity index (χ1) is 11.4. The fourth-order valence-corrected chi connectivity index (χ4v) is 4.16. The molecule has 0 aromatic heterocycles. The van der Waals surface area contributed by atoms with Gasteiger partial charge in [-0.3, -0.25) is 9.69 Å². The molecule has 2 saturated carbocycles. The largest absolute Gasteiger partial charge is 0.480 e. The molecular formula is C18H33N3O3. The zero-order chi connectivity index (χ0) is 17.7. The number of hydrogen-bond acceptors (Lipinski definition) is 3. The molecule has 6 nitrogen and oxygen atoms in total. The van der Waals surface area contributed by atoms with Gasteiger partial charge in [0.25, 0.3) is 0 Å². The molecule has 0 aliphatic heterocycles. The summed E-state index contributed by atoms with van der Waals surface area (Å²) in [6.07, 6.45) is 6.65. The summed E-state index contributed by atoms with van der Waals surface area (Å²) in [4.78, 5) is 25.0. The Labute approximate surface area is 145 Å². The van der Waals surface area contributed by atoms with E-state index < -0.39 is 5.97 Å². The Bertz CT molecular complexity index is 437. The van der Waals surface area contributed by atoms with Gasteiger partial charge in [-0.15, -0.1) is 0 Å². The molecule has 2 fully saturated rings. The molecule has 2 amide bonds. The van der Waals surface area contributed by atoms with Gasteiger partial charge in [-0.2, -0.15) is 0 Å². The summed E-state index contributed by atoms with van der Waals surface area (Å²) in [5.74, 6) is 0.555. The first kappa shape index (κ1) is 19.0. The van der Waals surface area contributed by atoms with E-state index in [9.17, 15) is 9.59 Å². The molecule has 2 aliphatic carbocycles. The summed E-state index contributed by atoms with van der Waals surface area (Å²) >= 11 is 0. The summed E-state index contributed by atoms with van der Waals surface area (Å²) in [6, 6.07) is 0.566. The molecule has 24 heavy (non-hydrogen) atoms. The van der Waals surface area contributed by atoms with E-state index in [1.165, 1.54) is 25.7 Å². The molecule has 2 aliphatic rings. The Morgan fingerprint density at radius 2 is 1.96 bits per heavy atom. The molecule has 0 bridgehead atoms. The van der Waals surface area contributed by atoms with E-state index in [0.717, 1.165) is 25.3 Å². The lowest BCUT2D eigenvalue weighted by molar-refractivity contribution is -0.139. The molecule has 0 heterocycles. The summed E-state index contributed by atoms with van der Waals surface area (Å²) in [7, 11) is 0. The number of carboxylic acids is 1. The molecule has 0 spiro atoms. The minimum atomic E-state index is -0.790. The van der Waals surface area contributed by atoms with Crippen molar-refractivity contribution in [3.63, 3.8) is 0 Å². The minimum absolute atomic E-state index is 0.0783. The van der Waals surface area contributed by atoms with Crippen LogP contribution in [0.1, 0.15) is 59.3 Å². The van der Waals surface area contributed by atoms with Gasteiger partial charge in [0.05, 0.1) is 6.54 Å². The number of carbonyl (C=O) groups is 2. The average molecular weight is 339 g/mol. The maximum Gasteiger partial charge on any atom is 0.317 e. The van der Waals surface area contributed by atoms with Crippen molar-refractivity contribution in [3.05, 3.63) is 0 Å². The Morgan fingerprint density at radius 3 is 2.54 bits per heavy atom. The molecule has 6 heteroatoms. The van der Waals surface area contributed by atoms with Gasteiger partial charge in [-0.1, -0.05) is 26.7 Å². The van der Waals surface area contributed by atoms with Crippen molar-refractivity contribution >= 4 is 12.0 Å². The van der Waals surface area contributed by atoms with Crippen LogP contribution in [0.3, 0.4) is 0 Å². The number of nitrogens with zero attached hydrogens (tertiary/aromatic N) is 1. The van der Waals surface area contributed by atoms with Crippen LogP contribution in [0.4, 0.5) is 4.79 Å². The Morgan fingerprint density at radius 1 is 1.25 bits per heavy atom. The van der Waals surface area contributed by atoms with Crippen LogP contribution in [0.2, 0.25) is 0 Å². The highest BCUT2D eigenvalue weighted by atomic mass is 16.4. The van der Waals surface area contributed by atoms with E-state index in [2.05, 4.69) is 24.5 Å². The molecule has 138 valence electrons. The van der Waals surface area contributed by atoms with E-state index >= 15 is 0 Å². The predicted octanol–water partition coefficient (Wildman–Crippen LogP) is 2.44. The van der Waals surface area contributed by atoms with Crippen LogP contribution in [0.25, 0.3) is 0 Å². The van der Waals surface area contributed by atoms with Gasteiger partial charge < -0.3 is 15.7 Å². The minimum Gasteiger partial charge on any atom is -0.480 e. The smallest absolute Gasteiger partial charge is 0.317 e. The zero-order valence-corrected chi connectivity index (χ0v) is 15.3. The highest BCUT2D eigenvalue weighted by Gasteiger charge is 2.35. The number of nitrogens with one attached hydrogen (secondary N) is 2. The fraction of sp³-hybridized carbons (Fsp3) is 0.889. The number of amides is 2. The van der Waals surface area contributed by atoms with Crippen molar-refractivity contribution < 1.29 is 14.7 Å². The SMILES string of the molecule is CCN(CC(=O)O)C1CC(NC(=O)N[C@@H](C)C2CCCC(C)C2)C1. The standard InChI is InChI=1S/C18H33N3O3/c1-4-21(11-17(22)23)16-9-15(10-16)20-18(24)19-13(3)14-7-5-6-12(2)8-14/h12-16H,4-11H2,1-3H3,(H,22,23)(H2,19,20,24)/t12?,13-,14?,15?,16?/m0/s1. The Balaban J connectivity index is 1.67. The third kappa shape index (κ3) is 5.36. The summed E-state index contributed by atoms with van der Waals surface area (Å²) in [5, 5.41) is 15.1. The second-order valence-corrected chi connectivity index (χ2v) is 7.72. The highest BCUT2D eigenvalue weighted by Crippen LogP contribution is 2.30. The summed E-state index contributed by atoms with van der Waals surface area (Å²) in [5.41, 5.74) is 0. The predicted molar refractivity (Wildman–Crippen MR) is 93.9 cm³/mol. The normalized spacial score (nSPS) is 31.2. The number of likely N-dealkylation sites (N-methyl/N-ethyl adjacent to an activating group) is 1. The van der Waals surface area contributed by atoms with Crippen LogP contribution in [0.15, 0.2) is 0 Å². The second-order valence-electron chi connectivity index (χ2n) is 7.72. The summed E-state index contributed by atoms with van der Waals surface area (Å²) in [6.45, 7) is 7.19. The highest BCUT2D eigenvalue weighted by molar-refractivity contribution is 5.74. The first-order valence-corrected chi connectivity index (χ1v) is 9.41. The van der Waals surface area contributed by atoms with Crippen LogP contribution >= 0.6 is 0 Å². The number of hydrogen-bond donors (Lipinski definition) is 3. The fourth-order valence-electron chi connectivity index (χ4n) is 4.16. The molecule has 2 rings (SSSR count). The Hall–Kier alpha value is -1.30. The molecule has 3 N–H and O–H groups in total. The van der Waals surface area contributed by atoms with Crippen LogP contribution < -0.4 is 10.6 Å². The zero-order valence-electron chi connectivity index (χ0n) is 15.3. The van der Waals surface area contributed by atoms with Crippen molar-refractivity contribution in [2.75, 3.05) is 13.1 Å². The van der Waals surface area contributed by atoms with Crippen LogP contribution in [-0.2, 0) is 4.79 Å². The molecule has 0 radical (unpaired) electrons. The van der Waals surface area contributed by atoms with Crippen molar-refractivity contribution in [2.24, 2.45) is 11.8 Å². The molecule has 0 aromatic carbocycles. The molecular weight excluding hydrogens is 306 g/mol. The van der Waals surface area contributed by atoms with Gasteiger partial charge in [0.2, 0.25) is 0 Å². The van der Waals surface area contributed by atoms with Gasteiger partial charge in [-0.05, 0) is 51.0 Å². The van der Waals surface area contributed by atoms with E-state index in [0.29, 0.717) is 5.92 Å². The van der Waals surface area contributed by atoms with Crippen molar-refractivity contribution in [1.82, 2.24) is 15.5 Å². The Kier molecular flexibility index (Phi) is 6.90. The van der Waals surface area contributed by atoms with Crippen LogP contribution in [0, 0.1) is 11.8 Å². The number of urea groups is 1.